The minimum atomic E-state index is -4.34. The topological polar surface area (TPSA) is 41.1 Å². The van der Waals surface area contributed by atoms with E-state index in [0.29, 0.717) is 12.2 Å². The van der Waals surface area contributed by atoms with Crippen LogP contribution in [0.15, 0.2) is 42.5 Å². The quantitative estimate of drug-likeness (QED) is 0.826. The van der Waals surface area contributed by atoms with E-state index in [1.165, 1.54) is 12.1 Å². The largest absolute Gasteiger partial charge is 0.416 e. The number of halogens is 3. The summed E-state index contributed by atoms with van der Waals surface area (Å²) >= 11 is 0. The van der Waals surface area contributed by atoms with E-state index in [-0.39, 0.29) is 12.3 Å². The van der Waals surface area contributed by atoms with Crippen molar-refractivity contribution in [2.24, 2.45) is 0 Å². The highest BCUT2D eigenvalue weighted by atomic mass is 19.4. The van der Waals surface area contributed by atoms with Crippen molar-refractivity contribution in [1.29, 1.82) is 0 Å². The molecule has 0 aliphatic carbocycles. The lowest BCUT2D eigenvalue weighted by Crippen LogP contribution is -2.16. The lowest BCUT2D eigenvalue weighted by Gasteiger charge is -2.10. The second-order valence-corrected chi connectivity index (χ2v) is 5.68. The van der Waals surface area contributed by atoms with Crippen LogP contribution in [0.2, 0.25) is 0 Å². The summed E-state index contributed by atoms with van der Waals surface area (Å²) in [5, 5.41) is 5.75. The van der Waals surface area contributed by atoms with Crippen LogP contribution in [0.3, 0.4) is 0 Å². The standard InChI is InChI=1S/C18H19F3N2O/c1-12-9-13(2)11-16(10-12)23-17(24)7-8-22-15-5-3-14(4-6-15)18(19,20)21/h3-6,9-11,22H,7-8H2,1-2H3,(H,23,24). The molecule has 0 saturated heterocycles. The molecule has 1 amide bonds. The van der Waals surface area contributed by atoms with Crippen LogP contribution in [0, 0.1) is 13.8 Å². The summed E-state index contributed by atoms with van der Waals surface area (Å²) in [5.74, 6) is -0.153. The van der Waals surface area contributed by atoms with Crippen molar-refractivity contribution in [3.8, 4) is 0 Å². The van der Waals surface area contributed by atoms with Crippen LogP contribution >= 0.6 is 0 Å². The highest BCUT2D eigenvalue weighted by Crippen LogP contribution is 2.29. The van der Waals surface area contributed by atoms with E-state index in [9.17, 15) is 18.0 Å². The first-order valence-corrected chi connectivity index (χ1v) is 7.53. The van der Waals surface area contributed by atoms with Crippen LogP contribution in [-0.4, -0.2) is 12.5 Å². The normalized spacial score (nSPS) is 11.2. The number of amides is 1. The Hall–Kier alpha value is -2.50. The fraction of sp³-hybridized carbons (Fsp3) is 0.278. The Morgan fingerprint density at radius 1 is 0.958 bits per heavy atom. The molecule has 2 rings (SSSR count). The lowest BCUT2D eigenvalue weighted by atomic mass is 10.1. The highest BCUT2D eigenvalue weighted by molar-refractivity contribution is 5.91. The Morgan fingerprint density at radius 2 is 1.54 bits per heavy atom. The molecular weight excluding hydrogens is 317 g/mol. The monoisotopic (exact) mass is 336 g/mol. The molecule has 6 heteroatoms. The number of anilines is 2. The van der Waals surface area contributed by atoms with E-state index < -0.39 is 11.7 Å². The molecule has 24 heavy (non-hydrogen) atoms. The number of nitrogens with one attached hydrogen (secondary N) is 2. The Balaban J connectivity index is 1.82. The van der Waals surface area contributed by atoms with Crippen molar-refractivity contribution in [1.82, 2.24) is 0 Å². The van der Waals surface area contributed by atoms with Crippen molar-refractivity contribution in [3.05, 3.63) is 59.2 Å². The molecule has 128 valence electrons. The Morgan fingerprint density at radius 3 is 2.08 bits per heavy atom. The van der Waals surface area contributed by atoms with Crippen molar-refractivity contribution >= 4 is 17.3 Å². The number of carbonyl (C=O) groups excluding carboxylic acids is 1. The number of benzene rings is 2. The zero-order valence-corrected chi connectivity index (χ0v) is 13.5. The Bertz CT molecular complexity index is 689. The van der Waals surface area contributed by atoms with Gasteiger partial charge in [-0.15, -0.1) is 0 Å². The van der Waals surface area contributed by atoms with Crippen LogP contribution in [0.1, 0.15) is 23.1 Å². The summed E-state index contributed by atoms with van der Waals surface area (Å²) in [6.07, 6.45) is -4.13. The first kappa shape index (κ1) is 17.8. The predicted octanol–water partition coefficient (Wildman–Crippen LogP) is 4.76. The molecule has 2 aromatic carbocycles. The van der Waals surface area contributed by atoms with E-state index in [4.69, 9.17) is 0 Å². The third-order valence-corrected chi connectivity index (χ3v) is 3.40. The Kier molecular flexibility index (Phi) is 5.49. The Labute approximate surface area is 138 Å². The molecule has 0 spiro atoms. The van der Waals surface area contributed by atoms with E-state index in [0.717, 1.165) is 28.9 Å². The maximum atomic E-state index is 12.5. The van der Waals surface area contributed by atoms with Crippen molar-refractivity contribution in [2.45, 2.75) is 26.4 Å². The number of hydrogen-bond donors (Lipinski definition) is 2. The minimum absolute atomic E-state index is 0.153. The van der Waals surface area contributed by atoms with Gasteiger partial charge in [0.05, 0.1) is 5.56 Å². The SMILES string of the molecule is Cc1cc(C)cc(NC(=O)CCNc2ccc(C(F)(F)F)cc2)c1. The smallest absolute Gasteiger partial charge is 0.385 e. The maximum absolute atomic E-state index is 12.5. The number of hydrogen-bond acceptors (Lipinski definition) is 2. The van der Waals surface area contributed by atoms with Crippen LogP contribution in [-0.2, 0) is 11.0 Å². The highest BCUT2D eigenvalue weighted by Gasteiger charge is 2.29. The van der Waals surface area contributed by atoms with Crippen molar-refractivity contribution in [2.75, 3.05) is 17.2 Å². The number of aryl methyl sites for hydroxylation is 2. The summed E-state index contributed by atoms with van der Waals surface area (Å²) in [4.78, 5) is 11.9. The van der Waals surface area contributed by atoms with Crippen LogP contribution in [0.4, 0.5) is 24.5 Å². The molecule has 0 fully saturated rings. The van der Waals surface area contributed by atoms with Crippen molar-refractivity contribution < 1.29 is 18.0 Å². The molecule has 0 aliphatic heterocycles. The van der Waals surface area contributed by atoms with Crippen LogP contribution in [0.5, 0.6) is 0 Å². The minimum Gasteiger partial charge on any atom is -0.385 e. The number of carbonyl (C=O) groups is 1. The second-order valence-electron chi connectivity index (χ2n) is 5.68. The summed E-state index contributed by atoms with van der Waals surface area (Å²) in [7, 11) is 0. The van der Waals surface area contributed by atoms with Crippen molar-refractivity contribution in [3.63, 3.8) is 0 Å². The van der Waals surface area contributed by atoms with E-state index in [2.05, 4.69) is 10.6 Å². The van der Waals surface area contributed by atoms with Gasteiger partial charge in [0.25, 0.3) is 0 Å². The fourth-order valence-corrected chi connectivity index (χ4v) is 2.37. The van der Waals surface area contributed by atoms with Gasteiger partial charge in [0.2, 0.25) is 5.91 Å². The zero-order valence-electron chi connectivity index (χ0n) is 13.5. The van der Waals surface area contributed by atoms with Gasteiger partial charge in [-0.25, -0.2) is 0 Å². The fourth-order valence-electron chi connectivity index (χ4n) is 2.37. The average Bonchev–Trinajstić information content (AvgIpc) is 2.45. The van der Waals surface area contributed by atoms with Gasteiger partial charge >= 0.3 is 6.18 Å². The zero-order chi connectivity index (χ0) is 17.7. The molecule has 2 N–H and O–H groups in total. The summed E-state index contributed by atoms with van der Waals surface area (Å²) in [6, 6.07) is 10.5. The number of rotatable bonds is 5. The van der Waals surface area contributed by atoms with Crippen LogP contribution < -0.4 is 10.6 Å². The van der Waals surface area contributed by atoms with Gasteiger partial charge in [0, 0.05) is 24.3 Å². The van der Waals surface area contributed by atoms with E-state index >= 15 is 0 Å². The molecule has 3 nitrogen and oxygen atoms in total. The summed E-state index contributed by atoms with van der Waals surface area (Å²) < 4.78 is 37.4. The molecule has 0 radical (unpaired) electrons. The van der Waals surface area contributed by atoms with Gasteiger partial charge in [-0.3, -0.25) is 4.79 Å². The van der Waals surface area contributed by atoms with Gasteiger partial charge in [-0.1, -0.05) is 6.07 Å². The molecule has 2 aromatic rings. The van der Waals surface area contributed by atoms with Gasteiger partial charge in [-0.2, -0.15) is 13.2 Å². The van der Waals surface area contributed by atoms with E-state index in [1.54, 1.807) is 0 Å². The molecule has 0 heterocycles. The van der Waals surface area contributed by atoms with Gasteiger partial charge in [-0.05, 0) is 61.4 Å². The predicted molar refractivity (Wildman–Crippen MR) is 89.1 cm³/mol. The number of alkyl halides is 3. The molecule has 0 saturated carbocycles. The molecule has 0 aliphatic rings. The third-order valence-electron chi connectivity index (χ3n) is 3.40. The van der Waals surface area contributed by atoms with Gasteiger partial charge in [0.15, 0.2) is 0 Å². The first-order valence-electron chi connectivity index (χ1n) is 7.53. The van der Waals surface area contributed by atoms with Gasteiger partial charge in [0.1, 0.15) is 0 Å². The molecule has 0 bridgehead atoms. The maximum Gasteiger partial charge on any atom is 0.416 e. The van der Waals surface area contributed by atoms with Crippen LogP contribution in [0.25, 0.3) is 0 Å². The summed E-state index contributed by atoms with van der Waals surface area (Å²) in [6.45, 7) is 4.24. The molecule has 0 atom stereocenters. The second kappa shape index (κ2) is 7.38. The average molecular weight is 336 g/mol. The molecule has 0 unspecified atom stereocenters. The molecular formula is C18H19F3N2O. The lowest BCUT2D eigenvalue weighted by molar-refractivity contribution is -0.137. The van der Waals surface area contributed by atoms with Gasteiger partial charge < -0.3 is 10.6 Å². The van der Waals surface area contributed by atoms with E-state index in [1.807, 2.05) is 32.0 Å². The summed E-state index contributed by atoms with van der Waals surface area (Å²) in [5.41, 5.74) is 2.72. The third kappa shape index (κ3) is 5.30. The molecule has 0 aromatic heterocycles. The first-order chi connectivity index (χ1) is 11.2.